The molecule has 1 aromatic rings. The second kappa shape index (κ2) is 8.13. The molecule has 1 aliphatic heterocycles. The van der Waals surface area contributed by atoms with Crippen molar-refractivity contribution in [2.45, 2.75) is 33.1 Å². The number of amides is 1. The van der Waals surface area contributed by atoms with Crippen molar-refractivity contribution in [3.05, 3.63) is 12.5 Å². The van der Waals surface area contributed by atoms with E-state index in [0.29, 0.717) is 5.92 Å². The number of carbonyl (C=O) groups is 1. The molecular formula is C17H29N5O. The third kappa shape index (κ3) is 4.81. The number of anilines is 2. The Morgan fingerprint density at radius 1 is 1.39 bits per heavy atom. The van der Waals surface area contributed by atoms with E-state index in [1.807, 2.05) is 25.2 Å². The fourth-order valence-electron chi connectivity index (χ4n) is 2.89. The normalized spacial score (nSPS) is 15.8. The van der Waals surface area contributed by atoms with Gasteiger partial charge in [0.15, 0.2) is 5.82 Å². The molecule has 1 saturated heterocycles. The number of piperidine rings is 1. The van der Waals surface area contributed by atoms with Crippen molar-refractivity contribution in [1.82, 2.24) is 15.3 Å². The molecule has 23 heavy (non-hydrogen) atoms. The minimum absolute atomic E-state index is 0.130. The van der Waals surface area contributed by atoms with Crippen LogP contribution in [0, 0.1) is 11.8 Å². The molecule has 0 radical (unpaired) electrons. The van der Waals surface area contributed by atoms with Gasteiger partial charge in [0.05, 0.1) is 11.9 Å². The monoisotopic (exact) mass is 319 g/mol. The number of rotatable bonds is 6. The summed E-state index contributed by atoms with van der Waals surface area (Å²) in [7, 11) is 3.97. The SMILES string of the molecule is CC(C)CCNC(=O)C1CCN(c2cncnc2N(C)C)CC1. The van der Waals surface area contributed by atoms with Crippen LogP contribution in [0.15, 0.2) is 12.5 Å². The average Bonchev–Trinajstić information content (AvgIpc) is 2.54. The highest BCUT2D eigenvalue weighted by Gasteiger charge is 2.26. The van der Waals surface area contributed by atoms with Crippen molar-refractivity contribution in [2.75, 3.05) is 43.5 Å². The molecule has 1 aliphatic rings. The molecule has 0 aliphatic carbocycles. The van der Waals surface area contributed by atoms with Gasteiger partial charge in [-0.2, -0.15) is 0 Å². The average molecular weight is 319 g/mol. The van der Waals surface area contributed by atoms with Crippen LogP contribution in [0.2, 0.25) is 0 Å². The lowest BCUT2D eigenvalue weighted by atomic mass is 9.95. The molecular weight excluding hydrogens is 290 g/mol. The van der Waals surface area contributed by atoms with E-state index < -0.39 is 0 Å². The van der Waals surface area contributed by atoms with Crippen LogP contribution in [0.4, 0.5) is 11.5 Å². The zero-order chi connectivity index (χ0) is 16.8. The summed E-state index contributed by atoms with van der Waals surface area (Å²) in [5.74, 6) is 1.90. The Morgan fingerprint density at radius 3 is 2.70 bits per heavy atom. The van der Waals surface area contributed by atoms with Crippen molar-refractivity contribution in [3.63, 3.8) is 0 Å². The van der Waals surface area contributed by atoms with Gasteiger partial charge in [-0.1, -0.05) is 13.8 Å². The minimum atomic E-state index is 0.130. The van der Waals surface area contributed by atoms with Gasteiger partial charge in [-0.25, -0.2) is 9.97 Å². The van der Waals surface area contributed by atoms with E-state index in [2.05, 4.69) is 34.0 Å². The number of hydrogen-bond donors (Lipinski definition) is 1. The number of hydrogen-bond acceptors (Lipinski definition) is 5. The first-order valence-electron chi connectivity index (χ1n) is 8.49. The first-order chi connectivity index (χ1) is 11.0. The van der Waals surface area contributed by atoms with E-state index in [0.717, 1.165) is 50.4 Å². The Bertz CT molecular complexity index is 509. The largest absolute Gasteiger partial charge is 0.367 e. The molecule has 2 heterocycles. The van der Waals surface area contributed by atoms with Crippen LogP contribution in [-0.4, -0.2) is 49.6 Å². The lowest BCUT2D eigenvalue weighted by molar-refractivity contribution is -0.125. The highest BCUT2D eigenvalue weighted by molar-refractivity contribution is 5.79. The maximum atomic E-state index is 12.2. The fourth-order valence-corrected chi connectivity index (χ4v) is 2.89. The maximum Gasteiger partial charge on any atom is 0.223 e. The van der Waals surface area contributed by atoms with Gasteiger partial charge >= 0.3 is 0 Å². The summed E-state index contributed by atoms with van der Waals surface area (Å²) in [5, 5.41) is 3.08. The molecule has 0 unspecified atom stereocenters. The predicted octanol–water partition coefficient (Wildman–Crippen LogP) is 1.92. The maximum absolute atomic E-state index is 12.2. The zero-order valence-corrected chi connectivity index (χ0v) is 14.7. The second-order valence-corrected chi connectivity index (χ2v) is 6.86. The van der Waals surface area contributed by atoms with E-state index in [9.17, 15) is 4.79 Å². The topological polar surface area (TPSA) is 61.4 Å². The molecule has 128 valence electrons. The molecule has 1 aromatic heterocycles. The number of carbonyl (C=O) groups excluding carboxylic acids is 1. The van der Waals surface area contributed by atoms with Gasteiger partial charge in [-0.3, -0.25) is 4.79 Å². The van der Waals surface area contributed by atoms with Gasteiger partial charge in [0.2, 0.25) is 5.91 Å². The van der Waals surface area contributed by atoms with Crippen LogP contribution in [0.25, 0.3) is 0 Å². The molecule has 0 spiro atoms. The first-order valence-corrected chi connectivity index (χ1v) is 8.49. The predicted molar refractivity (Wildman–Crippen MR) is 93.8 cm³/mol. The van der Waals surface area contributed by atoms with Crippen molar-refractivity contribution in [3.8, 4) is 0 Å². The van der Waals surface area contributed by atoms with E-state index in [1.165, 1.54) is 0 Å². The van der Waals surface area contributed by atoms with Gasteiger partial charge in [0, 0.05) is 39.6 Å². The van der Waals surface area contributed by atoms with Crippen LogP contribution in [0.5, 0.6) is 0 Å². The van der Waals surface area contributed by atoms with Gasteiger partial charge in [0.1, 0.15) is 6.33 Å². The molecule has 2 rings (SSSR count). The fraction of sp³-hybridized carbons (Fsp3) is 0.706. The summed E-state index contributed by atoms with van der Waals surface area (Å²) >= 11 is 0. The Morgan fingerprint density at radius 2 is 2.09 bits per heavy atom. The highest BCUT2D eigenvalue weighted by atomic mass is 16.1. The summed E-state index contributed by atoms with van der Waals surface area (Å²) in [6, 6.07) is 0. The lowest BCUT2D eigenvalue weighted by Crippen LogP contribution is -2.41. The molecule has 0 bridgehead atoms. The van der Waals surface area contributed by atoms with Crippen molar-refractivity contribution in [1.29, 1.82) is 0 Å². The summed E-state index contributed by atoms with van der Waals surface area (Å²) in [6.45, 7) is 6.88. The van der Waals surface area contributed by atoms with Crippen LogP contribution in [0.3, 0.4) is 0 Å². The van der Waals surface area contributed by atoms with E-state index in [-0.39, 0.29) is 11.8 Å². The second-order valence-electron chi connectivity index (χ2n) is 6.86. The van der Waals surface area contributed by atoms with Crippen LogP contribution < -0.4 is 15.1 Å². The number of aromatic nitrogens is 2. The van der Waals surface area contributed by atoms with Crippen molar-refractivity contribution >= 4 is 17.4 Å². The molecule has 0 aromatic carbocycles. The summed E-state index contributed by atoms with van der Waals surface area (Å²) in [5.41, 5.74) is 1.05. The van der Waals surface area contributed by atoms with E-state index in [1.54, 1.807) is 6.33 Å². The molecule has 0 saturated carbocycles. The standard InChI is InChI=1S/C17H29N5O/c1-13(2)5-8-19-17(23)14-6-9-22(10-7-14)15-11-18-12-20-16(15)21(3)4/h11-14H,5-10H2,1-4H3,(H,19,23). The molecule has 1 amide bonds. The lowest BCUT2D eigenvalue weighted by Gasteiger charge is -2.34. The van der Waals surface area contributed by atoms with Crippen LogP contribution >= 0.6 is 0 Å². The zero-order valence-electron chi connectivity index (χ0n) is 14.7. The quantitative estimate of drug-likeness (QED) is 0.868. The number of nitrogens with one attached hydrogen (secondary N) is 1. The minimum Gasteiger partial charge on any atom is -0.367 e. The van der Waals surface area contributed by atoms with E-state index in [4.69, 9.17) is 0 Å². The number of nitrogens with zero attached hydrogens (tertiary/aromatic N) is 4. The van der Waals surface area contributed by atoms with Gasteiger partial charge in [0.25, 0.3) is 0 Å². The Labute approximate surface area is 139 Å². The third-order valence-corrected chi connectivity index (χ3v) is 4.32. The Hall–Kier alpha value is -1.85. The summed E-state index contributed by atoms with van der Waals surface area (Å²) in [6.07, 6.45) is 6.25. The van der Waals surface area contributed by atoms with Crippen molar-refractivity contribution < 1.29 is 4.79 Å². The molecule has 1 fully saturated rings. The first kappa shape index (κ1) is 17.5. The third-order valence-electron chi connectivity index (χ3n) is 4.32. The molecule has 6 heteroatoms. The van der Waals surface area contributed by atoms with E-state index >= 15 is 0 Å². The molecule has 6 nitrogen and oxygen atoms in total. The van der Waals surface area contributed by atoms with Crippen LogP contribution in [-0.2, 0) is 4.79 Å². The summed E-state index contributed by atoms with van der Waals surface area (Å²) < 4.78 is 0. The molecule has 1 N–H and O–H groups in total. The molecule has 0 atom stereocenters. The van der Waals surface area contributed by atoms with Gasteiger partial charge in [-0.05, 0) is 25.2 Å². The smallest absolute Gasteiger partial charge is 0.223 e. The van der Waals surface area contributed by atoms with Crippen LogP contribution in [0.1, 0.15) is 33.1 Å². The highest BCUT2D eigenvalue weighted by Crippen LogP contribution is 2.28. The van der Waals surface area contributed by atoms with Gasteiger partial charge in [-0.15, -0.1) is 0 Å². The van der Waals surface area contributed by atoms with Crippen molar-refractivity contribution in [2.24, 2.45) is 11.8 Å². The Kier molecular flexibility index (Phi) is 6.19. The van der Waals surface area contributed by atoms with Gasteiger partial charge < -0.3 is 15.1 Å². The summed E-state index contributed by atoms with van der Waals surface area (Å²) in [4.78, 5) is 25.0. The Balaban J connectivity index is 1.88.